The summed E-state index contributed by atoms with van der Waals surface area (Å²) in [4.78, 5) is 16.0. The third-order valence-corrected chi connectivity index (χ3v) is 6.66. The second-order valence-electron chi connectivity index (χ2n) is 8.08. The maximum Gasteiger partial charge on any atom is 0.232 e. The highest BCUT2D eigenvalue weighted by atomic mass is 32.2. The van der Waals surface area contributed by atoms with Crippen molar-refractivity contribution >= 4 is 18.0 Å². The average Bonchev–Trinajstić information content (AvgIpc) is 3.24. The van der Waals surface area contributed by atoms with Crippen molar-refractivity contribution in [2.45, 2.75) is 38.3 Å². The molecule has 2 heterocycles. The van der Waals surface area contributed by atoms with E-state index in [-0.39, 0.29) is 18.1 Å². The molecule has 0 spiro atoms. The first-order valence-corrected chi connectivity index (χ1v) is 11.7. The summed E-state index contributed by atoms with van der Waals surface area (Å²) < 4.78 is 23.7. The van der Waals surface area contributed by atoms with Gasteiger partial charge < -0.3 is 14.2 Å². The molecule has 1 amide bonds. The minimum Gasteiger partial charge on any atom is -0.486 e. The monoisotopic (exact) mass is 463 g/mol. The molecule has 7 nitrogen and oxygen atoms in total. The first-order chi connectivity index (χ1) is 16.1. The lowest BCUT2D eigenvalue weighted by molar-refractivity contribution is -0.120. The lowest BCUT2D eigenvalue weighted by atomic mass is 10.0. The first kappa shape index (κ1) is 21.6. The van der Waals surface area contributed by atoms with Crippen molar-refractivity contribution in [3.05, 3.63) is 77.0 Å². The van der Waals surface area contributed by atoms with Crippen molar-refractivity contribution < 1.29 is 19.0 Å². The molecule has 1 aromatic heterocycles. The molecule has 33 heavy (non-hydrogen) atoms. The number of pyridine rings is 1. The number of carbonyl (C=O) groups is 1. The van der Waals surface area contributed by atoms with Crippen LogP contribution in [0.15, 0.2) is 54.6 Å². The van der Waals surface area contributed by atoms with Crippen molar-refractivity contribution in [1.29, 1.82) is 0 Å². The Labute approximate surface area is 197 Å². The molecule has 0 saturated carbocycles. The van der Waals surface area contributed by atoms with Gasteiger partial charge in [0.2, 0.25) is 11.8 Å². The van der Waals surface area contributed by atoms with Gasteiger partial charge in [-0.1, -0.05) is 24.3 Å². The van der Waals surface area contributed by atoms with Gasteiger partial charge in [0.25, 0.3) is 0 Å². The number of aryl methyl sites for hydroxylation is 1. The summed E-state index contributed by atoms with van der Waals surface area (Å²) in [7, 11) is 1.60. The highest BCUT2D eigenvalue weighted by Gasteiger charge is 2.27. The van der Waals surface area contributed by atoms with E-state index in [1.54, 1.807) is 13.2 Å². The van der Waals surface area contributed by atoms with E-state index >= 15 is 0 Å². The second kappa shape index (κ2) is 9.33. The number of nitrogens with one attached hydrogen (secondary N) is 2. The SMILES string of the molecule is COc1ccc(Oc2cccc3c2CCC3Oc2ccc(C3CC(=O)NSN3)cc2)c(C)n1. The van der Waals surface area contributed by atoms with Crippen molar-refractivity contribution in [1.82, 2.24) is 14.4 Å². The van der Waals surface area contributed by atoms with Crippen LogP contribution in [0.1, 0.15) is 47.4 Å². The molecule has 2 aromatic carbocycles. The van der Waals surface area contributed by atoms with Crippen LogP contribution in [-0.2, 0) is 11.2 Å². The summed E-state index contributed by atoms with van der Waals surface area (Å²) >= 11 is 1.23. The molecule has 5 rings (SSSR count). The standard InChI is InChI=1S/C25H25N3O4S/c1-15-21(12-13-25(26-15)30-2)32-22-5-3-4-18-19(22)10-11-23(18)31-17-8-6-16(7-9-17)20-14-24(29)28-33-27-20/h3-9,12-13,20,23,27H,10-11,14H2,1-2H3,(H,28,29). The molecule has 2 aliphatic rings. The van der Waals surface area contributed by atoms with Crippen molar-refractivity contribution in [3.63, 3.8) is 0 Å². The fourth-order valence-electron chi connectivity index (χ4n) is 4.22. The molecule has 1 saturated heterocycles. The van der Waals surface area contributed by atoms with Gasteiger partial charge in [0.05, 0.1) is 18.8 Å². The third kappa shape index (κ3) is 4.62. The molecule has 2 N–H and O–H groups in total. The topological polar surface area (TPSA) is 81.7 Å². The number of carbonyl (C=O) groups excluding carboxylic acids is 1. The van der Waals surface area contributed by atoms with E-state index in [2.05, 4.69) is 20.5 Å². The van der Waals surface area contributed by atoms with Crippen LogP contribution < -0.4 is 23.7 Å². The predicted molar refractivity (Wildman–Crippen MR) is 126 cm³/mol. The Balaban J connectivity index is 1.30. The molecule has 0 radical (unpaired) electrons. The fourth-order valence-corrected chi connectivity index (χ4v) is 4.84. The van der Waals surface area contributed by atoms with Crippen LogP contribution in [0.4, 0.5) is 0 Å². The second-order valence-corrected chi connectivity index (χ2v) is 8.72. The highest BCUT2D eigenvalue weighted by molar-refractivity contribution is 7.96. The van der Waals surface area contributed by atoms with E-state index in [4.69, 9.17) is 14.2 Å². The molecular formula is C25H25N3O4S. The van der Waals surface area contributed by atoms with Crippen LogP contribution >= 0.6 is 12.1 Å². The maximum absolute atomic E-state index is 11.6. The fraction of sp³-hybridized carbons (Fsp3) is 0.280. The number of hydrogen-bond donors (Lipinski definition) is 2. The van der Waals surface area contributed by atoms with Gasteiger partial charge in [-0.25, -0.2) is 9.71 Å². The predicted octanol–water partition coefficient (Wildman–Crippen LogP) is 4.97. The van der Waals surface area contributed by atoms with Crippen molar-refractivity contribution in [2.75, 3.05) is 7.11 Å². The Hall–Kier alpha value is -3.23. The normalized spacial score (nSPS) is 19.5. The van der Waals surface area contributed by atoms with Gasteiger partial charge in [-0.2, -0.15) is 0 Å². The number of rotatable bonds is 6. The van der Waals surface area contributed by atoms with Crippen LogP contribution in [0, 0.1) is 6.92 Å². The number of benzene rings is 2. The first-order valence-electron chi connectivity index (χ1n) is 10.9. The summed E-state index contributed by atoms with van der Waals surface area (Å²) in [5, 5.41) is 0. The van der Waals surface area contributed by atoms with Crippen molar-refractivity contribution in [2.24, 2.45) is 0 Å². The van der Waals surface area contributed by atoms with E-state index in [1.807, 2.05) is 49.4 Å². The summed E-state index contributed by atoms with van der Waals surface area (Å²) in [6.07, 6.45) is 2.17. The smallest absolute Gasteiger partial charge is 0.232 e. The van der Waals surface area contributed by atoms with E-state index in [1.165, 1.54) is 17.7 Å². The number of fused-ring (bicyclic) bond motifs is 1. The molecule has 1 fully saturated rings. The number of ether oxygens (including phenoxy) is 3. The Morgan fingerprint density at radius 3 is 2.67 bits per heavy atom. The average molecular weight is 464 g/mol. The van der Waals surface area contributed by atoms with E-state index in [0.29, 0.717) is 18.1 Å². The van der Waals surface area contributed by atoms with Gasteiger partial charge in [0, 0.05) is 30.2 Å². The van der Waals surface area contributed by atoms with Gasteiger partial charge in [0.15, 0.2) is 0 Å². The summed E-state index contributed by atoms with van der Waals surface area (Å²) in [5.41, 5.74) is 4.17. The molecule has 170 valence electrons. The Morgan fingerprint density at radius 2 is 1.91 bits per heavy atom. The maximum atomic E-state index is 11.6. The Kier molecular flexibility index (Phi) is 6.11. The van der Waals surface area contributed by atoms with E-state index in [0.717, 1.165) is 41.2 Å². The van der Waals surface area contributed by atoms with E-state index < -0.39 is 0 Å². The molecule has 1 aliphatic heterocycles. The number of hydrogen-bond acceptors (Lipinski definition) is 7. The lowest BCUT2D eigenvalue weighted by Crippen LogP contribution is -2.33. The van der Waals surface area contributed by atoms with Gasteiger partial charge in [-0.3, -0.25) is 9.52 Å². The van der Waals surface area contributed by atoms with Crippen LogP contribution in [0.25, 0.3) is 0 Å². The Morgan fingerprint density at radius 1 is 1.06 bits per heavy atom. The minimum atomic E-state index is -0.0290. The van der Waals surface area contributed by atoms with Crippen LogP contribution in [-0.4, -0.2) is 18.0 Å². The van der Waals surface area contributed by atoms with Gasteiger partial charge >= 0.3 is 0 Å². The summed E-state index contributed by atoms with van der Waals surface area (Å²) in [5.74, 6) is 2.96. The van der Waals surface area contributed by atoms with Gasteiger partial charge in [0.1, 0.15) is 23.4 Å². The molecule has 2 atom stereocenters. The van der Waals surface area contributed by atoms with Crippen LogP contribution in [0.2, 0.25) is 0 Å². The lowest BCUT2D eigenvalue weighted by Gasteiger charge is -2.23. The Bertz CT molecular complexity index is 1170. The van der Waals surface area contributed by atoms with E-state index in [9.17, 15) is 4.79 Å². The molecule has 0 bridgehead atoms. The summed E-state index contributed by atoms with van der Waals surface area (Å²) in [6.45, 7) is 1.91. The van der Waals surface area contributed by atoms with Gasteiger partial charge in [-0.05, 0) is 55.2 Å². The van der Waals surface area contributed by atoms with Gasteiger partial charge in [-0.15, -0.1) is 0 Å². The highest BCUT2D eigenvalue weighted by Crippen LogP contribution is 2.41. The molecule has 8 heteroatoms. The molecule has 1 aliphatic carbocycles. The summed E-state index contributed by atoms with van der Waals surface area (Å²) in [6, 6.07) is 17.8. The van der Waals surface area contributed by atoms with Crippen LogP contribution in [0.3, 0.4) is 0 Å². The molecule has 2 unspecified atom stereocenters. The van der Waals surface area contributed by atoms with Crippen LogP contribution in [0.5, 0.6) is 23.1 Å². The number of aromatic nitrogens is 1. The largest absolute Gasteiger partial charge is 0.486 e. The van der Waals surface area contributed by atoms with Crippen molar-refractivity contribution in [3.8, 4) is 23.1 Å². The zero-order chi connectivity index (χ0) is 22.8. The number of methoxy groups -OCH3 is 1. The quantitative estimate of drug-likeness (QED) is 0.500. The number of amides is 1. The number of nitrogens with zero attached hydrogens (tertiary/aromatic N) is 1. The zero-order valence-electron chi connectivity index (χ0n) is 18.5. The zero-order valence-corrected chi connectivity index (χ0v) is 19.3. The molecule has 3 aromatic rings. The molecular weight excluding hydrogens is 438 g/mol. The minimum absolute atomic E-state index is 0.000569. The third-order valence-electron chi connectivity index (χ3n) is 5.93.